The Morgan fingerprint density at radius 3 is 2.33 bits per heavy atom. The first-order chi connectivity index (χ1) is 14.1. The Hall–Kier alpha value is -3.07. The monoisotopic (exact) mass is 436 g/mol. The molecule has 2 aromatic rings. The molecule has 2 rings (SSSR count). The first-order valence-electron chi connectivity index (χ1n) is 9.02. The van der Waals surface area contributed by atoms with Crippen LogP contribution in [0.4, 0.5) is 8.78 Å². The van der Waals surface area contributed by atoms with Gasteiger partial charge in [-0.2, -0.15) is 27.1 Å². The number of allylic oxidation sites excluding steroid dienone is 1. The average Bonchev–Trinajstić information content (AvgIpc) is 2.69. The number of hydrogen-bond donors (Lipinski definition) is 1. The van der Waals surface area contributed by atoms with E-state index in [1.807, 2.05) is 0 Å². The van der Waals surface area contributed by atoms with Gasteiger partial charge >= 0.3 is 11.9 Å². The Kier molecular flexibility index (Phi) is 7.44. The van der Waals surface area contributed by atoms with E-state index in [9.17, 15) is 13.2 Å². The van der Waals surface area contributed by atoms with Gasteiger partial charge in [0.05, 0.1) is 17.4 Å². The Bertz CT molecular complexity index is 1020. The fourth-order valence-electron chi connectivity index (χ4n) is 2.63. The fraction of sp³-hybridized carbons (Fsp3) is 0.238. The minimum atomic E-state index is -4.28. The molecule has 0 spiro atoms. The van der Waals surface area contributed by atoms with Gasteiger partial charge < -0.3 is 4.74 Å². The zero-order valence-electron chi connectivity index (χ0n) is 16.5. The van der Waals surface area contributed by atoms with Gasteiger partial charge in [0.15, 0.2) is 0 Å². The van der Waals surface area contributed by atoms with Gasteiger partial charge in [-0.05, 0) is 31.5 Å². The third-order valence-electron chi connectivity index (χ3n) is 4.18. The van der Waals surface area contributed by atoms with Crippen molar-refractivity contribution in [1.82, 2.24) is 4.83 Å². The lowest BCUT2D eigenvalue weighted by molar-refractivity contribution is -0.136. The molecule has 1 N–H and O–H groups in total. The molecule has 1 unspecified atom stereocenters. The number of sulfonamides is 1. The van der Waals surface area contributed by atoms with Gasteiger partial charge in [0.1, 0.15) is 0 Å². The summed E-state index contributed by atoms with van der Waals surface area (Å²) < 4.78 is 60.2. The Morgan fingerprint density at radius 1 is 1.20 bits per heavy atom. The van der Waals surface area contributed by atoms with Crippen molar-refractivity contribution < 1.29 is 26.7 Å². The number of hydrazone groups is 1. The number of nitrogens with one attached hydrogen (secondary N) is 1. The maximum Gasteiger partial charge on any atom is 0.360 e. The molecule has 2 aromatic carbocycles. The van der Waals surface area contributed by atoms with E-state index >= 15 is 8.78 Å². The molecule has 0 aliphatic carbocycles. The van der Waals surface area contributed by atoms with Gasteiger partial charge in [0.2, 0.25) is 5.71 Å². The number of halogens is 2. The lowest BCUT2D eigenvalue weighted by Gasteiger charge is -2.25. The highest BCUT2D eigenvalue weighted by molar-refractivity contribution is 7.89. The number of carbonyl (C=O) groups is 1. The van der Waals surface area contributed by atoms with Crippen molar-refractivity contribution in [3.8, 4) is 0 Å². The number of aryl methyl sites for hydroxylation is 1. The Balaban J connectivity index is 2.47. The van der Waals surface area contributed by atoms with Crippen molar-refractivity contribution in [2.24, 2.45) is 5.10 Å². The molecule has 0 amide bonds. The van der Waals surface area contributed by atoms with Crippen LogP contribution in [0.2, 0.25) is 0 Å². The topological polar surface area (TPSA) is 84.8 Å². The lowest BCUT2D eigenvalue weighted by Crippen LogP contribution is -2.42. The molecule has 0 fully saturated rings. The maximum atomic E-state index is 15.3. The molecule has 6 nitrogen and oxygen atoms in total. The SMILES string of the molecule is C=CC(c1ccccc1)C(F)(F)/C(=N\NS(=O)(=O)c1ccc(C)cc1)C(=O)OCC. The van der Waals surface area contributed by atoms with E-state index in [-0.39, 0.29) is 17.1 Å². The molecule has 0 bridgehead atoms. The molecule has 0 saturated carbocycles. The maximum absolute atomic E-state index is 15.3. The summed E-state index contributed by atoms with van der Waals surface area (Å²) in [6, 6.07) is 13.3. The second-order valence-corrected chi connectivity index (χ2v) is 8.00. The number of carbonyl (C=O) groups excluding carboxylic acids is 1. The van der Waals surface area contributed by atoms with Crippen LogP contribution in [0.25, 0.3) is 0 Å². The number of esters is 1. The molecule has 1 atom stereocenters. The quantitative estimate of drug-likeness (QED) is 0.280. The zero-order valence-corrected chi connectivity index (χ0v) is 17.3. The number of rotatable bonds is 9. The second-order valence-electron chi connectivity index (χ2n) is 6.34. The highest BCUT2D eigenvalue weighted by Crippen LogP contribution is 2.36. The lowest BCUT2D eigenvalue weighted by atomic mass is 9.89. The summed E-state index contributed by atoms with van der Waals surface area (Å²) in [4.78, 5) is 13.8. The van der Waals surface area contributed by atoms with Crippen molar-refractivity contribution >= 4 is 21.7 Å². The summed E-state index contributed by atoms with van der Waals surface area (Å²) in [6.07, 6.45) is 0.971. The zero-order chi connectivity index (χ0) is 22.4. The summed E-state index contributed by atoms with van der Waals surface area (Å²) in [6.45, 7) is 6.44. The normalized spacial score (nSPS) is 13.4. The van der Waals surface area contributed by atoms with Crippen LogP contribution in [-0.4, -0.2) is 32.6 Å². The minimum absolute atomic E-state index is 0.177. The van der Waals surface area contributed by atoms with Crippen LogP contribution in [0, 0.1) is 6.92 Å². The first kappa shape index (κ1) is 23.2. The smallest absolute Gasteiger partial charge is 0.360 e. The van der Waals surface area contributed by atoms with Crippen LogP contribution < -0.4 is 4.83 Å². The minimum Gasteiger partial charge on any atom is -0.461 e. The van der Waals surface area contributed by atoms with Crippen LogP contribution in [0.5, 0.6) is 0 Å². The number of ether oxygens (including phenoxy) is 1. The average molecular weight is 436 g/mol. The molecule has 30 heavy (non-hydrogen) atoms. The molecule has 0 aromatic heterocycles. The van der Waals surface area contributed by atoms with E-state index in [0.717, 1.165) is 11.6 Å². The number of nitrogens with zero attached hydrogens (tertiary/aromatic N) is 1. The predicted molar refractivity (Wildman–Crippen MR) is 110 cm³/mol. The Labute approximate surface area is 174 Å². The first-order valence-corrected chi connectivity index (χ1v) is 10.5. The summed E-state index contributed by atoms with van der Waals surface area (Å²) in [5, 5.41) is 3.29. The van der Waals surface area contributed by atoms with Crippen molar-refractivity contribution in [3.63, 3.8) is 0 Å². The highest BCUT2D eigenvalue weighted by Gasteiger charge is 2.48. The molecule has 0 heterocycles. The molecule has 0 radical (unpaired) electrons. The van der Waals surface area contributed by atoms with Crippen LogP contribution in [-0.2, 0) is 19.6 Å². The predicted octanol–water partition coefficient (Wildman–Crippen LogP) is 3.80. The molecule has 0 saturated heterocycles. The molecule has 160 valence electrons. The van der Waals surface area contributed by atoms with E-state index in [0.29, 0.717) is 0 Å². The van der Waals surface area contributed by atoms with E-state index in [1.54, 1.807) is 42.1 Å². The highest BCUT2D eigenvalue weighted by atomic mass is 32.2. The van der Waals surface area contributed by atoms with Gasteiger partial charge in [-0.1, -0.05) is 54.1 Å². The van der Waals surface area contributed by atoms with E-state index < -0.39 is 33.5 Å². The van der Waals surface area contributed by atoms with Gasteiger partial charge in [-0.3, -0.25) is 0 Å². The standard InChI is InChI=1S/C21H22F2N2O4S/c1-4-18(16-9-7-6-8-10-16)21(22,23)19(20(26)29-5-2)24-25-30(27,28)17-13-11-15(3)12-14-17/h4,6-14,18,25H,1,5H2,2-3H3/b24-19-. The molecular weight excluding hydrogens is 414 g/mol. The second kappa shape index (κ2) is 9.62. The summed E-state index contributed by atoms with van der Waals surface area (Å²) in [5.74, 6) is -6.96. The number of alkyl halides is 2. The van der Waals surface area contributed by atoms with Crippen LogP contribution >= 0.6 is 0 Å². The summed E-state index contributed by atoms with van der Waals surface area (Å²) in [7, 11) is -4.28. The van der Waals surface area contributed by atoms with Crippen molar-refractivity contribution in [1.29, 1.82) is 0 Å². The summed E-state index contributed by atoms with van der Waals surface area (Å²) in [5.41, 5.74) is -0.377. The molecule has 0 aliphatic rings. The Morgan fingerprint density at radius 2 is 1.80 bits per heavy atom. The van der Waals surface area contributed by atoms with Crippen molar-refractivity contribution in [3.05, 3.63) is 78.4 Å². The molecule has 0 aliphatic heterocycles. The third-order valence-corrected chi connectivity index (χ3v) is 5.40. The largest absolute Gasteiger partial charge is 0.461 e. The fourth-order valence-corrected chi connectivity index (χ4v) is 3.44. The van der Waals surface area contributed by atoms with Crippen molar-refractivity contribution in [2.45, 2.75) is 30.6 Å². The van der Waals surface area contributed by atoms with Crippen LogP contribution in [0.3, 0.4) is 0 Å². The van der Waals surface area contributed by atoms with Crippen LogP contribution in [0.15, 0.2) is 77.2 Å². The molecular formula is C21H22F2N2O4S. The molecule has 9 heteroatoms. The van der Waals surface area contributed by atoms with Crippen LogP contribution in [0.1, 0.15) is 24.0 Å². The van der Waals surface area contributed by atoms with E-state index in [1.165, 1.54) is 31.2 Å². The van der Waals surface area contributed by atoms with Gasteiger partial charge in [-0.25, -0.2) is 4.79 Å². The van der Waals surface area contributed by atoms with Gasteiger partial charge in [0, 0.05) is 0 Å². The van der Waals surface area contributed by atoms with Gasteiger partial charge in [-0.15, -0.1) is 6.58 Å². The third kappa shape index (κ3) is 5.29. The van der Waals surface area contributed by atoms with Gasteiger partial charge in [0.25, 0.3) is 10.0 Å². The van der Waals surface area contributed by atoms with Crippen molar-refractivity contribution in [2.75, 3.05) is 6.61 Å². The number of hydrogen-bond acceptors (Lipinski definition) is 5. The summed E-state index contributed by atoms with van der Waals surface area (Å²) >= 11 is 0. The number of benzene rings is 2. The van der Waals surface area contributed by atoms with E-state index in [4.69, 9.17) is 0 Å². The van der Waals surface area contributed by atoms with E-state index in [2.05, 4.69) is 16.4 Å².